The maximum Gasteiger partial charge on any atom is 0.312 e. The summed E-state index contributed by atoms with van der Waals surface area (Å²) in [5.74, 6) is 2.29. The summed E-state index contributed by atoms with van der Waals surface area (Å²) in [5.41, 5.74) is 0.949. The Labute approximate surface area is 133 Å². The fourth-order valence-corrected chi connectivity index (χ4v) is 3.42. The van der Waals surface area contributed by atoms with E-state index >= 15 is 0 Å². The van der Waals surface area contributed by atoms with Crippen molar-refractivity contribution in [3.63, 3.8) is 0 Å². The number of hydrogen-bond donors (Lipinski definition) is 0. The molecule has 1 aromatic carbocycles. The van der Waals surface area contributed by atoms with Gasteiger partial charge < -0.3 is 4.74 Å². The highest BCUT2D eigenvalue weighted by molar-refractivity contribution is 6.67. The number of esters is 1. The molecule has 4 heteroatoms. The maximum atomic E-state index is 12.5. The third-order valence-electron chi connectivity index (χ3n) is 4.80. The van der Waals surface area contributed by atoms with E-state index < -0.39 is 0 Å². The lowest BCUT2D eigenvalue weighted by Gasteiger charge is -2.35. The monoisotopic (exact) mass is 297 g/mol. The van der Waals surface area contributed by atoms with Gasteiger partial charge in [-0.15, -0.1) is 0 Å². The summed E-state index contributed by atoms with van der Waals surface area (Å²) >= 11 is 0. The Morgan fingerprint density at radius 2 is 2.00 bits per heavy atom. The number of carbonyl (C=O) groups excluding carboxylic acids is 1. The number of nitrogens with zero attached hydrogens (tertiary/aromatic N) is 1. The molecule has 1 saturated heterocycles. The Morgan fingerprint density at radius 3 is 2.59 bits per heavy atom. The van der Waals surface area contributed by atoms with Crippen molar-refractivity contribution in [2.45, 2.75) is 51.7 Å². The smallest absolute Gasteiger partial charge is 0.312 e. The summed E-state index contributed by atoms with van der Waals surface area (Å²) in [6.07, 6.45) is 6.06. The van der Waals surface area contributed by atoms with E-state index in [-0.39, 0.29) is 18.1 Å². The fraction of sp³-hybridized carbons (Fsp3) is 0.556. The van der Waals surface area contributed by atoms with Crippen molar-refractivity contribution in [3.05, 3.63) is 35.9 Å². The first kappa shape index (κ1) is 16.6. The Morgan fingerprint density at radius 1 is 1.32 bits per heavy atom. The second kappa shape index (κ2) is 8.03. The van der Waals surface area contributed by atoms with Crippen LogP contribution in [0.3, 0.4) is 0 Å². The van der Waals surface area contributed by atoms with Gasteiger partial charge in [0.1, 0.15) is 0 Å². The van der Waals surface area contributed by atoms with Crippen LogP contribution in [0.1, 0.15) is 38.2 Å². The SMILES string of the molecule is CCOC(=O)C1(CCCc2ccccc2)CCB(C#N)CC1. The molecule has 1 fully saturated rings. The summed E-state index contributed by atoms with van der Waals surface area (Å²) in [6, 6.07) is 10.4. The summed E-state index contributed by atoms with van der Waals surface area (Å²) in [4.78, 5) is 12.5. The molecule has 0 atom stereocenters. The topological polar surface area (TPSA) is 50.1 Å². The summed E-state index contributed by atoms with van der Waals surface area (Å²) in [6.45, 7) is 2.40. The summed E-state index contributed by atoms with van der Waals surface area (Å²) in [5, 5.41) is 9.06. The van der Waals surface area contributed by atoms with Gasteiger partial charge in [0.2, 0.25) is 0 Å². The van der Waals surface area contributed by atoms with E-state index in [2.05, 4.69) is 30.2 Å². The van der Waals surface area contributed by atoms with E-state index in [1.807, 2.05) is 13.0 Å². The molecule has 0 amide bonds. The van der Waals surface area contributed by atoms with E-state index in [1.165, 1.54) is 5.56 Å². The number of ether oxygens (including phenoxy) is 1. The molecule has 3 nitrogen and oxygen atoms in total. The highest BCUT2D eigenvalue weighted by Crippen LogP contribution is 2.42. The molecule has 2 rings (SSSR count). The zero-order valence-electron chi connectivity index (χ0n) is 13.4. The van der Waals surface area contributed by atoms with Gasteiger partial charge in [-0.1, -0.05) is 43.0 Å². The molecular formula is C18H24BNO2. The van der Waals surface area contributed by atoms with Gasteiger partial charge in [0, 0.05) is 5.97 Å². The van der Waals surface area contributed by atoms with Gasteiger partial charge in [-0.05, 0) is 44.6 Å². The predicted octanol–water partition coefficient (Wildman–Crippen LogP) is 3.91. The van der Waals surface area contributed by atoms with Crippen LogP contribution in [0.5, 0.6) is 0 Å². The van der Waals surface area contributed by atoms with Crippen LogP contribution in [0.2, 0.25) is 12.6 Å². The lowest BCUT2D eigenvalue weighted by atomic mass is 9.39. The second-order valence-electron chi connectivity index (χ2n) is 6.24. The van der Waals surface area contributed by atoms with Crippen molar-refractivity contribution in [1.82, 2.24) is 0 Å². The molecule has 0 N–H and O–H groups in total. The van der Waals surface area contributed by atoms with Crippen LogP contribution in [-0.4, -0.2) is 19.3 Å². The van der Waals surface area contributed by atoms with E-state index in [9.17, 15) is 4.79 Å². The molecule has 0 saturated carbocycles. The van der Waals surface area contributed by atoms with Crippen LogP contribution < -0.4 is 0 Å². The van der Waals surface area contributed by atoms with Crippen LogP contribution in [0, 0.1) is 16.6 Å². The first-order valence-corrected chi connectivity index (χ1v) is 8.31. The van der Waals surface area contributed by atoms with Gasteiger partial charge >= 0.3 is 5.97 Å². The minimum atomic E-state index is -0.363. The third kappa shape index (κ3) is 4.13. The van der Waals surface area contributed by atoms with E-state index in [1.54, 1.807) is 0 Å². The van der Waals surface area contributed by atoms with Gasteiger partial charge in [0.15, 0.2) is 0 Å². The van der Waals surface area contributed by atoms with Gasteiger partial charge in [-0.2, -0.15) is 0 Å². The normalized spacial score (nSPS) is 16.8. The predicted molar refractivity (Wildman–Crippen MR) is 88.7 cm³/mol. The molecule has 0 aromatic heterocycles. The first-order chi connectivity index (χ1) is 10.7. The second-order valence-corrected chi connectivity index (χ2v) is 6.24. The standard InChI is InChI=1S/C18H24BNO2/c1-2-22-17(21)18(11-13-19(15-20)14-12-18)10-6-9-16-7-4-3-5-8-16/h3-5,7-8H,2,6,9-14H2,1H3. The summed E-state index contributed by atoms with van der Waals surface area (Å²) < 4.78 is 5.33. The Balaban J connectivity index is 1.96. The van der Waals surface area contributed by atoms with E-state index in [4.69, 9.17) is 10.00 Å². The van der Waals surface area contributed by atoms with Crippen molar-refractivity contribution >= 4 is 12.7 Å². The summed E-state index contributed by atoms with van der Waals surface area (Å²) in [7, 11) is 0. The quantitative estimate of drug-likeness (QED) is 0.591. The molecule has 0 unspecified atom stereocenters. The van der Waals surface area contributed by atoms with Gasteiger partial charge in [0.25, 0.3) is 6.71 Å². The van der Waals surface area contributed by atoms with Crippen molar-refractivity contribution in [1.29, 1.82) is 5.26 Å². The van der Waals surface area contributed by atoms with Crippen LogP contribution >= 0.6 is 0 Å². The molecule has 1 aliphatic rings. The molecular weight excluding hydrogens is 273 g/mol. The van der Waals surface area contributed by atoms with Crippen LogP contribution in [0.4, 0.5) is 0 Å². The molecule has 0 bridgehead atoms. The minimum Gasteiger partial charge on any atom is -0.466 e. The largest absolute Gasteiger partial charge is 0.466 e. The first-order valence-electron chi connectivity index (χ1n) is 8.31. The van der Waals surface area contributed by atoms with Crippen molar-refractivity contribution in [3.8, 4) is 5.97 Å². The molecule has 0 radical (unpaired) electrons. The maximum absolute atomic E-state index is 12.5. The van der Waals surface area contributed by atoms with Crippen LogP contribution in [-0.2, 0) is 16.0 Å². The molecule has 116 valence electrons. The van der Waals surface area contributed by atoms with Crippen molar-refractivity contribution in [2.75, 3.05) is 6.61 Å². The lowest BCUT2D eigenvalue weighted by molar-refractivity contribution is -0.156. The van der Waals surface area contributed by atoms with Gasteiger partial charge in [-0.25, -0.2) is 5.26 Å². The van der Waals surface area contributed by atoms with Crippen molar-refractivity contribution in [2.24, 2.45) is 5.41 Å². The number of hydrogen-bond acceptors (Lipinski definition) is 3. The number of rotatable bonds is 6. The zero-order chi connectivity index (χ0) is 15.8. The average Bonchev–Trinajstić information content (AvgIpc) is 2.56. The fourth-order valence-electron chi connectivity index (χ4n) is 3.42. The molecule has 1 heterocycles. The Bertz CT molecular complexity index is 516. The van der Waals surface area contributed by atoms with E-state index in [0.29, 0.717) is 6.61 Å². The van der Waals surface area contributed by atoms with Gasteiger partial charge in [-0.3, -0.25) is 4.79 Å². The lowest BCUT2D eigenvalue weighted by Crippen LogP contribution is -2.38. The molecule has 1 aliphatic heterocycles. The zero-order valence-corrected chi connectivity index (χ0v) is 13.4. The third-order valence-corrected chi connectivity index (χ3v) is 4.80. The van der Waals surface area contributed by atoms with Crippen LogP contribution in [0.25, 0.3) is 0 Å². The number of aryl methyl sites for hydroxylation is 1. The van der Waals surface area contributed by atoms with Crippen LogP contribution in [0.15, 0.2) is 30.3 Å². The van der Waals surface area contributed by atoms with Crippen molar-refractivity contribution < 1.29 is 9.53 Å². The number of carbonyl (C=O) groups is 1. The molecule has 0 aliphatic carbocycles. The molecule has 1 aromatic rings. The molecule has 22 heavy (non-hydrogen) atoms. The van der Waals surface area contributed by atoms with Gasteiger partial charge in [0.05, 0.1) is 12.0 Å². The number of nitriles is 1. The molecule has 0 spiro atoms. The highest BCUT2D eigenvalue weighted by Gasteiger charge is 2.43. The minimum absolute atomic E-state index is 0.0561. The Hall–Kier alpha value is -1.76. The number of benzene rings is 1. The average molecular weight is 297 g/mol. The Kier molecular flexibility index (Phi) is 6.06. The highest BCUT2D eigenvalue weighted by atomic mass is 16.5. The van der Waals surface area contributed by atoms with E-state index in [0.717, 1.165) is 44.7 Å².